The van der Waals surface area contributed by atoms with Gasteiger partial charge < -0.3 is 28.4 Å². The second-order valence-corrected chi connectivity index (χ2v) is 15.6. The molecule has 1 saturated heterocycles. The highest BCUT2D eigenvalue weighted by Gasteiger charge is 2.71. The first-order valence-electron chi connectivity index (χ1n) is 16.5. The number of aromatic nitrogens is 4. The summed E-state index contributed by atoms with van der Waals surface area (Å²) < 4.78 is 65.6. The summed E-state index contributed by atoms with van der Waals surface area (Å²) in [5, 5.41) is 4.90. The highest BCUT2D eigenvalue weighted by molar-refractivity contribution is 6.11. The van der Waals surface area contributed by atoms with E-state index < -0.39 is 63.4 Å². The van der Waals surface area contributed by atoms with E-state index in [1.807, 2.05) is 6.07 Å². The fraction of sp³-hybridized carbons (Fsp3) is 0.588. The molecule has 3 amide bonds. The number of pyridine rings is 2. The van der Waals surface area contributed by atoms with Crippen molar-refractivity contribution in [3.63, 3.8) is 0 Å². The fourth-order valence-electron chi connectivity index (χ4n) is 6.89. The maximum absolute atomic E-state index is 14.1. The van der Waals surface area contributed by atoms with Crippen molar-refractivity contribution in [3.05, 3.63) is 46.0 Å². The predicted molar refractivity (Wildman–Crippen MR) is 176 cm³/mol. The van der Waals surface area contributed by atoms with Crippen LogP contribution in [-0.2, 0) is 32.8 Å². The van der Waals surface area contributed by atoms with E-state index in [-0.39, 0.29) is 17.6 Å². The van der Waals surface area contributed by atoms with Crippen LogP contribution in [0.5, 0.6) is 5.88 Å². The van der Waals surface area contributed by atoms with Crippen molar-refractivity contribution in [1.29, 1.82) is 0 Å². The Balaban J connectivity index is 1.29. The molecule has 4 aliphatic rings. The number of nitrogens with zero attached hydrogens (tertiary/aromatic N) is 6. The first-order valence-corrected chi connectivity index (χ1v) is 16.5. The van der Waals surface area contributed by atoms with Gasteiger partial charge in [-0.1, -0.05) is 0 Å². The van der Waals surface area contributed by atoms with E-state index in [2.05, 4.69) is 10.1 Å². The summed E-state index contributed by atoms with van der Waals surface area (Å²) in [6, 6.07) is 1.33. The molecule has 3 aromatic rings. The van der Waals surface area contributed by atoms with Crippen LogP contribution in [0.1, 0.15) is 78.4 Å². The maximum atomic E-state index is 14.1. The lowest BCUT2D eigenvalue weighted by Crippen LogP contribution is -2.77. The number of amides is 3. The maximum Gasteiger partial charge on any atom is 0.437 e. The molecule has 17 heteroatoms. The second-order valence-electron chi connectivity index (χ2n) is 15.6. The molecule has 14 nitrogen and oxygen atoms in total. The Hall–Kier alpha value is -4.67. The molecule has 4 heterocycles. The van der Waals surface area contributed by atoms with Crippen LogP contribution in [0.25, 0.3) is 11.0 Å². The average Bonchev–Trinajstić information content (AvgIpc) is 3.59. The number of fused-ring (bicyclic) bond motifs is 1. The highest BCUT2D eigenvalue weighted by atomic mass is 19.4. The number of imide groups is 1. The molecule has 276 valence electrons. The number of hydrogen-bond acceptors (Lipinski definition) is 10. The molecule has 1 unspecified atom stereocenters. The van der Waals surface area contributed by atoms with Crippen molar-refractivity contribution < 1.29 is 46.5 Å². The summed E-state index contributed by atoms with van der Waals surface area (Å²) in [7, 11) is 2.55. The number of ether oxygens (including phenoxy) is 4. The van der Waals surface area contributed by atoms with Crippen LogP contribution < -0.4 is 15.2 Å². The third kappa shape index (κ3) is 6.63. The quantitative estimate of drug-likeness (QED) is 0.319. The van der Waals surface area contributed by atoms with E-state index >= 15 is 0 Å². The number of hydrogen-bond donors (Lipinski definition) is 0. The van der Waals surface area contributed by atoms with Crippen molar-refractivity contribution in [2.75, 3.05) is 25.2 Å². The lowest BCUT2D eigenvalue weighted by Gasteiger charge is -2.73. The highest BCUT2D eigenvalue weighted by Crippen LogP contribution is 2.70. The molecule has 1 atom stereocenters. The van der Waals surface area contributed by atoms with E-state index in [9.17, 15) is 32.3 Å². The molecule has 3 saturated carbocycles. The van der Waals surface area contributed by atoms with Gasteiger partial charge in [-0.3, -0.25) is 4.79 Å². The third-order valence-electron chi connectivity index (χ3n) is 9.33. The Labute approximate surface area is 291 Å². The molecule has 3 aliphatic carbocycles. The minimum Gasteiger partial charge on any atom is -0.470 e. The van der Waals surface area contributed by atoms with Gasteiger partial charge in [-0.25, -0.2) is 19.4 Å². The number of rotatable bonds is 5. The molecule has 0 spiro atoms. The largest absolute Gasteiger partial charge is 0.470 e. The van der Waals surface area contributed by atoms with Crippen LogP contribution >= 0.6 is 0 Å². The second kappa shape index (κ2) is 12.0. The van der Waals surface area contributed by atoms with Crippen molar-refractivity contribution in [3.8, 4) is 5.88 Å². The Morgan fingerprint density at radius 1 is 1.02 bits per heavy atom. The first-order chi connectivity index (χ1) is 23.5. The smallest absolute Gasteiger partial charge is 0.437 e. The van der Waals surface area contributed by atoms with Crippen molar-refractivity contribution >= 4 is 34.9 Å². The summed E-state index contributed by atoms with van der Waals surface area (Å²) >= 11 is 0. The van der Waals surface area contributed by atoms with Crippen LogP contribution in [0.3, 0.4) is 0 Å². The number of carbonyl (C=O) groups is 3. The Morgan fingerprint density at radius 3 is 2.24 bits per heavy atom. The van der Waals surface area contributed by atoms with E-state index in [1.54, 1.807) is 27.0 Å². The summed E-state index contributed by atoms with van der Waals surface area (Å²) in [6.07, 6.45) is -2.94. The SMILES string of the molecule is CN(C(=O)N(C(=O)OC(C)(C)C)c1cc(C(F)(F)F)cn(C)c1=O)C12CC(c3cnc4c(c3)c(OC3CCOC3)nn4C(=O)OC(C)(C)C)(C1)C2. The lowest BCUT2D eigenvalue weighted by molar-refractivity contribution is -0.140. The van der Waals surface area contributed by atoms with Crippen LogP contribution in [0.4, 0.5) is 33.2 Å². The van der Waals surface area contributed by atoms with Crippen molar-refractivity contribution in [2.24, 2.45) is 7.05 Å². The standard InChI is InChI=1S/C34H41F3N6O8/c1-30(2,3)50-28(46)42(23-12-20(34(35,36)37)14-40(7)26(23)44)27(45)41(8)33-16-32(17-33,18-33)19-11-22-24(38-13-19)43(29(47)51-31(4,5)6)39-25(22)49-21-9-10-48-15-21/h11-14,21H,9-10,15-18H2,1-8H3. The van der Waals surface area contributed by atoms with E-state index in [1.165, 1.54) is 32.7 Å². The molecule has 4 fully saturated rings. The number of anilines is 1. The molecule has 0 radical (unpaired) electrons. The normalized spacial score (nSPS) is 22.9. The predicted octanol–water partition coefficient (Wildman–Crippen LogP) is 5.77. The summed E-state index contributed by atoms with van der Waals surface area (Å²) in [5.74, 6) is 0.199. The molecule has 2 bridgehead atoms. The van der Waals surface area contributed by atoms with Gasteiger partial charge in [-0.15, -0.1) is 9.78 Å². The first kappa shape index (κ1) is 36.1. The molecule has 1 aliphatic heterocycles. The van der Waals surface area contributed by atoms with E-state index in [0.29, 0.717) is 66.0 Å². The molecule has 3 aromatic heterocycles. The van der Waals surface area contributed by atoms with Gasteiger partial charge in [0.05, 0.1) is 24.2 Å². The van der Waals surface area contributed by atoms with Crippen LogP contribution in [-0.4, -0.2) is 85.6 Å². The molecular weight excluding hydrogens is 677 g/mol. The van der Waals surface area contributed by atoms with Gasteiger partial charge in [0, 0.05) is 43.9 Å². The number of alkyl halides is 3. The summed E-state index contributed by atoms with van der Waals surface area (Å²) in [6.45, 7) is 10.7. The fourth-order valence-corrected chi connectivity index (χ4v) is 6.89. The van der Waals surface area contributed by atoms with Gasteiger partial charge >= 0.3 is 24.4 Å². The number of carbonyl (C=O) groups excluding carboxylic acids is 3. The summed E-state index contributed by atoms with van der Waals surface area (Å²) in [5.41, 5.74) is -5.04. The molecule has 0 aromatic carbocycles. The van der Waals surface area contributed by atoms with Crippen LogP contribution in [0.2, 0.25) is 0 Å². The molecule has 7 rings (SSSR count). The summed E-state index contributed by atoms with van der Waals surface area (Å²) in [4.78, 5) is 60.0. The monoisotopic (exact) mass is 718 g/mol. The molecule has 51 heavy (non-hydrogen) atoms. The van der Waals surface area contributed by atoms with Gasteiger partial charge in [-0.2, -0.15) is 18.1 Å². The number of urea groups is 1. The van der Waals surface area contributed by atoms with Crippen molar-refractivity contribution in [1.82, 2.24) is 24.2 Å². The van der Waals surface area contributed by atoms with Gasteiger partial charge in [0.2, 0.25) is 5.88 Å². The number of halogens is 3. The lowest BCUT2D eigenvalue weighted by atomic mass is 9.37. The zero-order valence-electron chi connectivity index (χ0n) is 29.7. The Bertz CT molecular complexity index is 1950. The van der Waals surface area contributed by atoms with Crippen molar-refractivity contribution in [2.45, 2.75) is 102 Å². The topological polar surface area (TPSA) is 147 Å². The zero-order chi connectivity index (χ0) is 37.5. The Morgan fingerprint density at radius 2 is 1.67 bits per heavy atom. The average molecular weight is 719 g/mol. The molecule has 0 N–H and O–H groups in total. The Kier molecular flexibility index (Phi) is 8.47. The van der Waals surface area contributed by atoms with Gasteiger partial charge in [-0.05, 0) is 78.5 Å². The molecular formula is C34H41F3N6O8. The van der Waals surface area contributed by atoms with Gasteiger partial charge in [0.25, 0.3) is 5.56 Å². The zero-order valence-corrected chi connectivity index (χ0v) is 29.7. The van der Waals surface area contributed by atoms with E-state index in [4.69, 9.17) is 18.9 Å². The minimum atomic E-state index is -4.86. The third-order valence-corrected chi connectivity index (χ3v) is 9.33. The minimum absolute atomic E-state index is 0.199. The van der Waals surface area contributed by atoms with Crippen LogP contribution in [0, 0.1) is 0 Å². The number of aryl methyl sites for hydroxylation is 1. The van der Waals surface area contributed by atoms with Crippen LogP contribution in [0.15, 0.2) is 29.3 Å². The van der Waals surface area contributed by atoms with Gasteiger partial charge in [0.1, 0.15) is 23.0 Å². The van der Waals surface area contributed by atoms with E-state index in [0.717, 1.165) is 17.3 Å². The van der Waals surface area contributed by atoms with Gasteiger partial charge in [0.15, 0.2) is 5.65 Å².